The Bertz CT molecular complexity index is 526. The van der Waals surface area contributed by atoms with E-state index in [0.29, 0.717) is 5.92 Å². The van der Waals surface area contributed by atoms with Crippen molar-refractivity contribution in [1.29, 1.82) is 0 Å². The van der Waals surface area contributed by atoms with E-state index in [0.717, 1.165) is 27.6 Å². The summed E-state index contributed by atoms with van der Waals surface area (Å²) in [5, 5.41) is 7.52. The highest BCUT2D eigenvalue weighted by molar-refractivity contribution is 8.06. The molecule has 0 aromatic heterocycles. The Balaban J connectivity index is 2.38. The zero-order valence-electron chi connectivity index (χ0n) is 12.0. The molecule has 0 fully saturated rings. The fraction of sp³-hybridized carbons (Fsp3) is 0.312. The summed E-state index contributed by atoms with van der Waals surface area (Å²) in [5.41, 5.74) is 2.15. The van der Waals surface area contributed by atoms with Crippen LogP contribution < -0.4 is 10.6 Å². The van der Waals surface area contributed by atoms with E-state index in [1.807, 2.05) is 12.4 Å². The van der Waals surface area contributed by atoms with Crippen molar-refractivity contribution in [2.75, 3.05) is 0 Å². The van der Waals surface area contributed by atoms with Crippen molar-refractivity contribution in [1.82, 2.24) is 10.6 Å². The van der Waals surface area contributed by atoms with E-state index < -0.39 is 0 Å². The molecule has 0 saturated carbocycles. The van der Waals surface area contributed by atoms with Crippen molar-refractivity contribution in [3.8, 4) is 0 Å². The highest BCUT2D eigenvalue weighted by Gasteiger charge is 2.16. The van der Waals surface area contributed by atoms with Crippen molar-refractivity contribution in [2.24, 2.45) is 10.9 Å². The lowest BCUT2D eigenvalue weighted by molar-refractivity contribution is 0.657. The van der Waals surface area contributed by atoms with Crippen molar-refractivity contribution in [3.63, 3.8) is 0 Å². The van der Waals surface area contributed by atoms with Crippen LogP contribution >= 0.6 is 11.8 Å². The number of allylic oxidation sites excluding steroid dienone is 4. The zero-order chi connectivity index (χ0) is 14.5. The molecule has 0 spiro atoms. The molecule has 1 unspecified atom stereocenters. The Morgan fingerprint density at radius 1 is 1.35 bits per heavy atom. The van der Waals surface area contributed by atoms with Crippen molar-refractivity contribution >= 4 is 18.0 Å². The molecule has 2 aliphatic heterocycles. The summed E-state index contributed by atoms with van der Waals surface area (Å²) in [6.07, 6.45) is 11.1. The Labute approximate surface area is 125 Å². The molecular weight excluding hydrogens is 266 g/mol. The molecule has 0 amide bonds. The van der Waals surface area contributed by atoms with Gasteiger partial charge in [0.1, 0.15) is 0 Å². The van der Waals surface area contributed by atoms with Crippen LogP contribution in [0.2, 0.25) is 0 Å². The smallest absolute Gasteiger partial charge is 0.159 e. The number of hydrogen-bond donors (Lipinski definition) is 2. The SMILES string of the molecule is C=C1/C=C(C)/C=C2/N/C=C/CC(C)/C=N\[C@@H]2NC(=C)S1. The number of rotatable bonds is 0. The number of fused-ring (bicyclic) bond motifs is 1. The third-order valence-corrected chi connectivity index (χ3v) is 3.73. The Kier molecular flexibility index (Phi) is 4.90. The molecule has 0 aliphatic carbocycles. The first kappa shape index (κ1) is 14.7. The summed E-state index contributed by atoms with van der Waals surface area (Å²) in [5.74, 6) is 0.425. The van der Waals surface area contributed by atoms with Gasteiger partial charge in [0.05, 0.1) is 10.7 Å². The minimum Gasteiger partial charge on any atom is -0.362 e. The average molecular weight is 287 g/mol. The van der Waals surface area contributed by atoms with Gasteiger partial charge < -0.3 is 10.6 Å². The van der Waals surface area contributed by atoms with Crippen LogP contribution in [0.3, 0.4) is 0 Å². The van der Waals surface area contributed by atoms with E-state index >= 15 is 0 Å². The summed E-state index contributed by atoms with van der Waals surface area (Å²) in [4.78, 5) is 5.63. The minimum atomic E-state index is -0.144. The van der Waals surface area contributed by atoms with Crippen LogP contribution in [0, 0.1) is 5.92 Å². The molecule has 2 rings (SSSR count). The van der Waals surface area contributed by atoms with Gasteiger partial charge in [0.25, 0.3) is 0 Å². The number of hydrogen-bond acceptors (Lipinski definition) is 4. The lowest BCUT2D eigenvalue weighted by Crippen LogP contribution is -2.32. The van der Waals surface area contributed by atoms with Crippen LogP contribution in [0.1, 0.15) is 20.3 Å². The van der Waals surface area contributed by atoms with Gasteiger partial charge in [0.2, 0.25) is 0 Å². The Hall–Kier alpha value is -1.68. The van der Waals surface area contributed by atoms with Crippen LogP contribution in [-0.2, 0) is 0 Å². The van der Waals surface area contributed by atoms with Gasteiger partial charge in [-0.05, 0) is 43.2 Å². The highest BCUT2D eigenvalue weighted by Crippen LogP contribution is 2.26. The lowest BCUT2D eigenvalue weighted by Gasteiger charge is -2.19. The lowest BCUT2D eigenvalue weighted by atomic mass is 10.1. The number of nitrogens with one attached hydrogen (secondary N) is 2. The van der Waals surface area contributed by atoms with Gasteiger partial charge in [-0.1, -0.05) is 37.9 Å². The molecule has 2 atom stereocenters. The molecule has 2 aliphatic rings. The Morgan fingerprint density at radius 3 is 2.95 bits per heavy atom. The van der Waals surface area contributed by atoms with Crippen molar-refractivity contribution < 1.29 is 0 Å². The molecule has 2 heterocycles. The van der Waals surface area contributed by atoms with Crippen LogP contribution in [0.15, 0.2) is 63.8 Å². The average Bonchev–Trinajstić information content (AvgIpc) is 2.46. The Morgan fingerprint density at radius 2 is 2.15 bits per heavy atom. The maximum Gasteiger partial charge on any atom is 0.159 e. The molecule has 0 aromatic carbocycles. The fourth-order valence-corrected chi connectivity index (χ4v) is 2.77. The third kappa shape index (κ3) is 4.17. The first-order valence-corrected chi connectivity index (χ1v) is 7.53. The van der Waals surface area contributed by atoms with E-state index in [1.54, 1.807) is 0 Å². The topological polar surface area (TPSA) is 36.4 Å². The van der Waals surface area contributed by atoms with Crippen LogP contribution in [0.25, 0.3) is 0 Å². The van der Waals surface area contributed by atoms with Crippen molar-refractivity contribution in [3.05, 3.63) is 58.8 Å². The molecule has 0 aromatic rings. The fourth-order valence-electron chi connectivity index (χ4n) is 2.04. The first-order valence-electron chi connectivity index (χ1n) is 6.71. The number of aliphatic imine (C=N–C) groups is 1. The summed E-state index contributed by atoms with van der Waals surface area (Å²) < 4.78 is 0. The standard InChI is InChI=1S/C16H21N3S/c1-11-6-5-7-17-15-9-12(2)8-13(3)20-14(4)19-16(15)18-10-11/h5,7-11,16-17,19H,3-4,6H2,1-2H3/b7-5+,12-8+,15-9+,18-10-/t11?,16-/m1/s1. The molecular formula is C16H21N3S. The monoisotopic (exact) mass is 287 g/mol. The molecule has 106 valence electrons. The summed E-state index contributed by atoms with van der Waals surface area (Å²) >= 11 is 1.54. The molecule has 4 heteroatoms. The maximum absolute atomic E-state index is 4.66. The van der Waals surface area contributed by atoms with E-state index in [-0.39, 0.29) is 6.17 Å². The van der Waals surface area contributed by atoms with Crippen LogP contribution in [0.5, 0.6) is 0 Å². The van der Waals surface area contributed by atoms with Crippen molar-refractivity contribution in [2.45, 2.75) is 26.4 Å². The van der Waals surface area contributed by atoms with Gasteiger partial charge in [-0.3, -0.25) is 4.99 Å². The second kappa shape index (κ2) is 6.66. The molecule has 0 bridgehead atoms. The zero-order valence-corrected chi connectivity index (χ0v) is 12.8. The quantitative estimate of drug-likeness (QED) is 0.713. The van der Waals surface area contributed by atoms with Gasteiger partial charge in [-0.15, -0.1) is 0 Å². The van der Waals surface area contributed by atoms with Gasteiger partial charge >= 0.3 is 0 Å². The normalized spacial score (nSPS) is 35.7. The van der Waals surface area contributed by atoms with E-state index in [2.05, 4.69) is 60.9 Å². The second-order valence-electron chi connectivity index (χ2n) is 5.08. The predicted octanol–water partition coefficient (Wildman–Crippen LogP) is 3.68. The first-order chi connectivity index (χ1) is 9.54. The number of thioether (sulfide) groups is 1. The van der Waals surface area contributed by atoms with E-state index in [1.165, 1.54) is 11.8 Å². The van der Waals surface area contributed by atoms with Gasteiger partial charge in [-0.25, -0.2) is 0 Å². The summed E-state index contributed by atoms with van der Waals surface area (Å²) in [6, 6.07) is 0. The minimum absolute atomic E-state index is 0.144. The van der Waals surface area contributed by atoms with E-state index in [9.17, 15) is 0 Å². The van der Waals surface area contributed by atoms with Crippen LogP contribution in [0.4, 0.5) is 0 Å². The maximum atomic E-state index is 4.66. The molecule has 3 nitrogen and oxygen atoms in total. The van der Waals surface area contributed by atoms with E-state index in [4.69, 9.17) is 0 Å². The van der Waals surface area contributed by atoms with Crippen LogP contribution in [-0.4, -0.2) is 12.4 Å². The van der Waals surface area contributed by atoms with Gasteiger partial charge in [0, 0.05) is 11.1 Å². The molecule has 0 radical (unpaired) electrons. The van der Waals surface area contributed by atoms with Gasteiger partial charge in [-0.2, -0.15) is 0 Å². The highest BCUT2D eigenvalue weighted by atomic mass is 32.2. The largest absolute Gasteiger partial charge is 0.362 e. The molecule has 20 heavy (non-hydrogen) atoms. The van der Waals surface area contributed by atoms with Gasteiger partial charge in [0.15, 0.2) is 6.17 Å². The molecule has 2 N–H and O–H groups in total. The molecule has 0 saturated heterocycles. The predicted molar refractivity (Wildman–Crippen MR) is 89.2 cm³/mol. The third-order valence-electron chi connectivity index (χ3n) is 2.98. The summed E-state index contributed by atoms with van der Waals surface area (Å²) in [6.45, 7) is 12.3. The number of nitrogens with zero attached hydrogens (tertiary/aromatic N) is 1. The second-order valence-corrected chi connectivity index (χ2v) is 6.31. The summed E-state index contributed by atoms with van der Waals surface area (Å²) in [7, 11) is 0.